The predicted molar refractivity (Wildman–Crippen MR) is 85.0 cm³/mol. The van der Waals surface area contributed by atoms with E-state index in [0.29, 0.717) is 22.2 Å². The maximum atomic E-state index is 12.5. The molecule has 0 atom stereocenters. The van der Waals surface area contributed by atoms with Crippen LogP contribution < -0.4 is 5.56 Å². The van der Waals surface area contributed by atoms with Crippen LogP contribution in [-0.2, 0) is 0 Å². The quantitative estimate of drug-likeness (QED) is 0.720. The van der Waals surface area contributed by atoms with Crippen LogP contribution in [0.2, 0.25) is 5.02 Å². The first-order chi connectivity index (χ1) is 10.2. The molecule has 4 heteroatoms. The van der Waals surface area contributed by atoms with Crippen molar-refractivity contribution in [1.29, 1.82) is 0 Å². The molecule has 3 aromatic rings. The van der Waals surface area contributed by atoms with E-state index in [4.69, 9.17) is 11.6 Å². The topological polar surface area (TPSA) is 34.9 Å². The van der Waals surface area contributed by atoms with Crippen LogP contribution in [-0.4, -0.2) is 9.55 Å². The smallest absolute Gasteiger partial charge is 0.258 e. The summed E-state index contributed by atoms with van der Waals surface area (Å²) in [6.45, 7) is 1.80. The molecule has 3 rings (SSSR count). The number of aryl methyl sites for hydroxylation is 1. The molecule has 1 heterocycles. The minimum Gasteiger partial charge on any atom is -0.269 e. The Morgan fingerprint density at radius 2 is 1.67 bits per heavy atom. The van der Waals surface area contributed by atoms with Gasteiger partial charge in [0.15, 0.2) is 0 Å². The fourth-order valence-electron chi connectivity index (χ4n) is 2.28. The first kappa shape index (κ1) is 13.6. The molecule has 0 saturated heterocycles. The molecule has 3 nitrogen and oxygen atoms in total. The van der Waals surface area contributed by atoms with Crippen LogP contribution in [0.15, 0.2) is 65.5 Å². The second kappa shape index (κ2) is 5.54. The van der Waals surface area contributed by atoms with Crippen LogP contribution in [0.4, 0.5) is 0 Å². The summed E-state index contributed by atoms with van der Waals surface area (Å²) >= 11 is 6.17. The number of hydrogen-bond acceptors (Lipinski definition) is 2. The molecule has 0 fully saturated rings. The molecule has 0 N–H and O–H groups in total. The van der Waals surface area contributed by atoms with Gasteiger partial charge in [-0.2, -0.15) is 0 Å². The third kappa shape index (κ3) is 2.60. The lowest BCUT2D eigenvalue weighted by molar-refractivity contribution is 0.874. The highest BCUT2D eigenvalue weighted by molar-refractivity contribution is 6.32. The monoisotopic (exact) mass is 296 g/mol. The molecule has 0 spiro atoms. The maximum absolute atomic E-state index is 12.5. The third-order valence-electron chi connectivity index (χ3n) is 3.25. The molecule has 0 amide bonds. The van der Waals surface area contributed by atoms with Crippen molar-refractivity contribution >= 4 is 11.6 Å². The second-order valence-electron chi connectivity index (χ2n) is 4.68. The van der Waals surface area contributed by atoms with Crippen molar-refractivity contribution in [2.75, 3.05) is 0 Å². The number of aromatic nitrogens is 2. The Balaban J connectivity index is 2.19. The second-order valence-corrected chi connectivity index (χ2v) is 5.09. The number of benzene rings is 2. The molecule has 0 unspecified atom stereocenters. The number of para-hydroxylation sites is 1. The molecule has 0 bridgehead atoms. The summed E-state index contributed by atoms with van der Waals surface area (Å²) in [6, 6.07) is 18.4. The van der Waals surface area contributed by atoms with Gasteiger partial charge in [-0.1, -0.05) is 54.1 Å². The minimum atomic E-state index is -0.144. The Labute approximate surface area is 127 Å². The van der Waals surface area contributed by atoms with Gasteiger partial charge in [0.1, 0.15) is 5.82 Å². The fourth-order valence-corrected chi connectivity index (χ4v) is 2.50. The summed E-state index contributed by atoms with van der Waals surface area (Å²) in [5.41, 5.74) is 2.09. The van der Waals surface area contributed by atoms with Crippen LogP contribution in [0.5, 0.6) is 0 Å². The highest BCUT2D eigenvalue weighted by Gasteiger charge is 2.10. The van der Waals surface area contributed by atoms with Gasteiger partial charge in [-0.3, -0.25) is 9.36 Å². The lowest BCUT2D eigenvalue weighted by Crippen LogP contribution is -2.21. The van der Waals surface area contributed by atoms with Crippen LogP contribution in [0.25, 0.3) is 16.9 Å². The zero-order chi connectivity index (χ0) is 14.8. The Morgan fingerprint density at radius 3 is 2.33 bits per heavy atom. The molecule has 2 aromatic carbocycles. The van der Waals surface area contributed by atoms with Crippen LogP contribution >= 0.6 is 11.6 Å². The van der Waals surface area contributed by atoms with E-state index in [0.717, 1.165) is 5.56 Å². The summed E-state index contributed by atoms with van der Waals surface area (Å²) in [5.74, 6) is 0.606. The van der Waals surface area contributed by atoms with Gasteiger partial charge in [0, 0.05) is 11.6 Å². The average Bonchev–Trinajstić information content (AvgIpc) is 2.49. The Hall–Kier alpha value is -2.39. The molecule has 1 aromatic heterocycles. The average molecular weight is 297 g/mol. The molecular weight excluding hydrogens is 284 g/mol. The van der Waals surface area contributed by atoms with Crippen molar-refractivity contribution < 1.29 is 0 Å². The summed E-state index contributed by atoms with van der Waals surface area (Å²) in [4.78, 5) is 17.0. The first-order valence-electron chi connectivity index (χ1n) is 6.58. The largest absolute Gasteiger partial charge is 0.269 e. The van der Waals surface area contributed by atoms with Gasteiger partial charge < -0.3 is 0 Å². The first-order valence-corrected chi connectivity index (χ1v) is 6.95. The molecule has 0 saturated carbocycles. The lowest BCUT2D eigenvalue weighted by Gasteiger charge is -2.12. The van der Waals surface area contributed by atoms with Gasteiger partial charge in [-0.15, -0.1) is 0 Å². The predicted octanol–water partition coefficient (Wildman–Crippen LogP) is 3.86. The van der Waals surface area contributed by atoms with Crippen molar-refractivity contribution in [3.8, 4) is 16.9 Å². The van der Waals surface area contributed by atoms with Gasteiger partial charge in [0.05, 0.1) is 16.4 Å². The summed E-state index contributed by atoms with van der Waals surface area (Å²) < 4.78 is 1.52. The SMILES string of the molecule is Cc1nc(-c2ccccc2)cc(=O)n1-c1ccccc1Cl. The van der Waals surface area contributed by atoms with Crippen molar-refractivity contribution in [2.24, 2.45) is 0 Å². The molecule has 0 radical (unpaired) electrons. The highest BCUT2D eigenvalue weighted by atomic mass is 35.5. The molecule has 0 aliphatic heterocycles. The van der Waals surface area contributed by atoms with E-state index in [1.807, 2.05) is 42.5 Å². The van der Waals surface area contributed by atoms with Gasteiger partial charge in [-0.05, 0) is 19.1 Å². The van der Waals surface area contributed by atoms with E-state index in [2.05, 4.69) is 4.98 Å². The van der Waals surface area contributed by atoms with E-state index in [1.165, 1.54) is 10.6 Å². The Kier molecular flexibility index (Phi) is 3.59. The maximum Gasteiger partial charge on any atom is 0.258 e. The number of rotatable bonds is 2. The van der Waals surface area contributed by atoms with Crippen molar-refractivity contribution in [3.05, 3.63) is 81.9 Å². The summed E-state index contributed by atoms with van der Waals surface area (Å²) in [7, 11) is 0. The van der Waals surface area contributed by atoms with Crippen molar-refractivity contribution in [2.45, 2.75) is 6.92 Å². The van der Waals surface area contributed by atoms with E-state index >= 15 is 0 Å². The van der Waals surface area contributed by atoms with Crippen molar-refractivity contribution in [3.63, 3.8) is 0 Å². The lowest BCUT2D eigenvalue weighted by atomic mass is 10.1. The molecule has 0 aliphatic rings. The normalized spacial score (nSPS) is 10.6. The summed E-state index contributed by atoms with van der Waals surface area (Å²) in [5, 5.41) is 0.525. The number of nitrogens with zero attached hydrogens (tertiary/aromatic N) is 2. The molecular formula is C17H13ClN2O. The highest BCUT2D eigenvalue weighted by Crippen LogP contribution is 2.21. The minimum absolute atomic E-state index is 0.144. The van der Waals surface area contributed by atoms with Crippen LogP contribution in [0, 0.1) is 6.92 Å². The van der Waals surface area contributed by atoms with E-state index in [9.17, 15) is 4.79 Å². The third-order valence-corrected chi connectivity index (χ3v) is 3.57. The Morgan fingerprint density at radius 1 is 1.00 bits per heavy atom. The fraction of sp³-hybridized carbons (Fsp3) is 0.0588. The van der Waals surface area contributed by atoms with Gasteiger partial charge in [-0.25, -0.2) is 4.98 Å². The zero-order valence-corrected chi connectivity index (χ0v) is 12.2. The summed E-state index contributed by atoms with van der Waals surface area (Å²) in [6.07, 6.45) is 0. The van der Waals surface area contributed by atoms with E-state index in [-0.39, 0.29) is 5.56 Å². The van der Waals surface area contributed by atoms with E-state index in [1.54, 1.807) is 19.1 Å². The van der Waals surface area contributed by atoms with Gasteiger partial charge in [0.2, 0.25) is 0 Å². The van der Waals surface area contributed by atoms with Crippen LogP contribution in [0.3, 0.4) is 0 Å². The van der Waals surface area contributed by atoms with Crippen LogP contribution in [0.1, 0.15) is 5.82 Å². The molecule has 21 heavy (non-hydrogen) atoms. The number of halogens is 1. The standard InChI is InChI=1S/C17H13ClN2O/c1-12-19-15(13-7-3-2-4-8-13)11-17(21)20(12)16-10-6-5-9-14(16)18/h2-11H,1H3. The Bertz CT molecular complexity index is 841. The zero-order valence-electron chi connectivity index (χ0n) is 11.5. The molecule has 0 aliphatic carbocycles. The number of hydrogen-bond donors (Lipinski definition) is 0. The van der Waals surface area contributed by atoms with Crippen molar-refractivity contribution in [1.82, 2.24) is 9.55 Å². The van der Waals surface area contributed by atoms with E-state index < -0.39 is 0 Å². The van der Waals surface area contributed by atoms with Gasteiger partial charge >= 0.3 is 0 Å². The van der Waals surface area contributed by atoms with Gasteiger partial charge in [0.25, 0.3) is 5.56 Å². The molecule has 104 valence electrons.